The first-order valence-electron chi connectivity index (χ1n) is 19.7. The lowest BCUT2D eigenvalue weighted by atomic mass is 9.89. The molecule has 0 saturated carbocycles. The van der Waals surface area contributed by atoms with Gasteiger partial charge in [0.2, 0.25) is 0 Å². The predicted molar refractivity (Wildman–Crippen MR) is 248 cm³/mol. The molecular weight excluding hydrogens is 705 g/mol. The molecule has 0 aliphatic heterocycles. The van der Waals surface area contributed by atoms with Crippen LogP contribution in [0.15, 0.2) is 194 Å². The molecule has 0 atom stereocenters. The maximum Gasteiger partial charge on any atom is 0.0355 e. The van der Waals surface area contributed by atoms with E-state index in [2.05, 4.69) is 194 Å². The summed E-state index contributed by atoms with van der Waals surface area (Å²) < 4.78 is 2.63. The van der Waals surface area contributed by atoms with E-state index in [0.717, 1.165) is 0 Å². The van der Waals surface area contributed by atoms with Crippen molar-refractivity contribution >= 4 is 96.1 Å². The van der Waals surface area contributed by atoms with Crippen molar-refractivity contribution < 1.29 is 0 Å². The highest BCUT2D eigenvalue weighted by molar-refractivity contribution is 7.25. The third kappa shape index (κ3) is 4.61. The second kappa shape index (κ2) is 11.7. The minimum absolute atomic E-state index is 1.23. The third-order valence-electron chi connectivity index (χ3n) is 12.5. The lowest BCUT2D eigenvalue weighted by molar-refractivity contribution is 1.63. The van der Waals surface area contributed by atoms with Gasteiger partial charge in [-0.1, -0.05) is 158 Å². The van der Waals surface area contributed by atoms with Gasteiger partial charge < -0.3 is 0 Å². The summed E-state index contributed by atoms with van der Waals surface area (Å²) in [7, 11) is 0. The second-order valence-electron chi connectivity index (χ2n) is 15.6. The summed E-state index contributed by atoms with van der Waals surface area (Å²) >= 11 is 1.88. The molecule has 0 radical (unpaired) electrons. The lowest BCUT2D eigenvalue weighted by Gasteiger charge is -2.15. The van der Waals surface area contributed by atoms with Crippen molar-refractivity contribution in [3.05, 3.63) is 194 Å². The number of benzene rings is 12. The van der Waals surface area contributed by atoms with Gasteiger partial charge in [-0.25, -0.2) is 0 Å². The molecule has 0 unspecified atom stereocenters. The molecule has 0 aliphatic carbocycles. The average Bonchev–Trinajstić information content (AvgIpc) is 3.65. The number of thiophene rings is 1. The smallest absolute Gasteiger partial charge is 0.0355 e. The molecule has 0 N–H and O–H groups in total. The topological polar surface area (TPSA) is 0 Å². The highest BCUT2D eigenvalue weighted by Gasteiger charge is 2.16. The summed E-state index contributed by atoms with van der Waals surface area (Å²) in [5.74, 6) is 0. The van der Waals surface area contributed by atoms with Gasteiger partial charge in [0.15, 0.2) is 0 Å². The van der Waals surface area contributed by atoms with E-state index in [9.17, 15) is 0 Å². The minimum atomic E-state index is 1.23. The van der Waals surface area contributed by atoms with Crippen molar-refractivity contribution in [1.29, 1.82) is 0 Å². The largest absolute Gasteiger partial charge is 0.135 e. The number of hydrogen-bond donors (Lipinski definition) is 0. The Morgan fingerprint density at radius 2 is 0.579 bits per heavy atom. The van der Waals surface area contributed by atoms with Gasteiger partial charge in [-0.05, 0) is 146 Å². The van der Waals surface area contributed by atoms with Crippen LogP contribution in [0.5, 0.6) is 0 Å². The molecule has 0 aliphatic rings. The minimum Gasteiger partial charge on any atom is -0.135 e. The highest BCUT2D eigenvalue weighted by Crippen LogP contribution is 2.43. The van der Waals surface area contributed by atoms with E-state index in [1.807, 2.05) is 11.3 Å². The van der Waals surface area contributed by atoms with Crippen LogP contribution in [0.3, 0.4) is 0 Å². The molecule has 1 heteroatoms. The van der Waals surface area contributed by atoms with Gasteiger partial charge in [0.05, 0.1) is 0 Å². The first kappa shape index (κ1) is 31.2. The van der Waals surface area contributed by atoms with E-state index in [4.69, 9.17) is 0 Å². The van der Waals surface area contributed by atoms with Gasteiger partial charge in [-0.15, -0.1) is 11.3 Å². The molecule has 13 aromatic rings. The van der Waals surface area contributed by atoms with Crippen molar-refractivity contribution in [2.75, 3.05) is 0 Å². The fourth-order valence-electron chi connectivity index (χ4n) is 9.84. The van der Waals surface area contributed by atoms with E-state index >= 15 is 0 Å². The van der Waals surface area contributed by atoms with E-state index in [0.29, 0.717) is 0 Å². The summed E-state index contributed by atoms with van der Waals surface area (Å²) in [4.78, 5) is 0. The van der Waals surface area contributed by atoms with E-state index in [1.165, 1.54) is 129 Å². The molecule has 13 rings (SSSR count). The molecule has 0 nitrogen and oxygen atoms in total. The first-order valence-corrected chi connectivity index (χ1v) is 20.5. The Kier molecular flexibility index (Phi) is 6.41. The van der Waals surface area contributed by atoms with Gasteiger partial charge in [-0.2, -0.15) is 0 Å². The SMILES string of the molecule is c1cc(-c2ccc3sc4ccc(-c5cccc(-c6ccc7ccc8cccc9ccc6c7c89)c5)cc4c3c2)cc(-c2ccc3ccc4cccc5ccc2c3c45)c1. The fourth-order valence-corrected chi connectivity index (χ4v) is 10.9. The molecule has 57 heavy (non-hydrogen) atoms. The van der Waals surface area contributed by atoms with Crippen LogP contribution in [-0.2, 0) is 0 Å². The molecule has 12 aromatic carbocycles. The maximum absolute atomic E-state index is 2.41. The Hall–Kier alpha value is -7.06. The summed E-state index contributed by atoms with van der Waals surface area (Å²) in [6, 6.07) is 72.9. The van der Waals surface area contributed by atoms with Crippen LogP contribution in [0.1, 0.15) is 0 Å². The number of fused-ring (bicyclic) bond motifs is 3. The highest BCUT2D eigenvalue weighted by atomic mass is 32.1. The summed E-state index contributed by atoms with van der Waals surface area (Å²) in [5.41, 5.74) is 9.98. The standard InChI is InChI=1S/C56H32S/c1-5-33-13-15-37-17-23-45(47-25-19-35(7-1)53(33)55(37)47)43-11-3-9-39(29-43)41-21-27-51-49(31-41)50-32-42(22-28-52(50)57-51)40-10-4-12-44(30-40)46-24-18-38-16-14-34-6-2-8-36-20-26-48(46)56(38)54(34)36/h1-32H. The van der Waals surface area contributed by atoms with E-state index in [-0.39, 0.29) is 0 Å². The molecule has 0 spiro atoms. The molecule has 1 aromatic heterocycles. The Morgan fingerprint density at radius 1 is 0.228 bits per heavy atom. The Morgan fingerprint density at radius 3 is 1.04 bits per heavy atom. The molecule has 0 amide bonds. The number of hydrogen-bond acceptors (Lipinski definition) is 1. The van der Waals surface area contributed by atoms with Crippen molar-refractivity contribution in [2.24, 2.45) is 0 Å². The predicted octanol–water partition coefficient (Wildman–Crippen LogP) is 16.5. The van der Waals surface area contributed by atoms with Crippen LogP contribution < -0.4 is 0 Å². The van der Waals surface area contributed by atoms with Crippen LogP contribution in [0.4, 0.5) is 0 Å². The normalized spacial score (nSPS) is 12.2. The van der Waals surface area contributed by atoms with Gasteiger partial charge >= 0.3 is 0 Å². The average molecular weight is 737 g/mol. The van der Waals surface area contributed by atoms with Gasteiger partial charge in [0, 0.05) is 20.2 Å². The van der Waals surface area contributed by atoms with Crippen LogP contribution in [0, 0.1) is 0 Å². The lowest BCUT2D eigenvalue weighted by Crippen LogP contribution is -1.88. The molecule has 0 bridgehead atoms. The molecule has 0 saturated heterocycles. The monoisotopic (exact) mass is 736 g/mol. The van der Waals surface area contributed by atoms with Gasteiger partial charge in [0.25, 0.3) is 0 Å². The summed E-state index contributed by atoms with van der Waals surface area (Å²) in [6.07, 6.45) is 0. The first-order chi connectivity index (χ1) is 28.2. The molecular formula is C56H32S. The molecule has 1 heterocycles. The van der Waals surface area contributed by atoms with Gasteiger partial charge in [-0.3, -0.25) is 0 Å². The van der Waals surface area contributed by atoms with Crippen LogP contribution in [0.25, 0.3) is 129 Å². The third-order valence-corrected chi connectivity index (χ3v) is 13.7. The summed E-state index contributed by atoms with van der Waals surface area (Å²) in [5, 5.41) is 18.5. The fraction of sp³-hybridized carbons (Fsp3) is 0. The summed E-state index contributed by atoms with van der Waals surface area (Å²) in [6.45, 7) is 0. The zero-order valence-corrected chi connectivity index (χ0v) is 31.7. The van der Waals surface area contributed by atoms with Crippen molar-refractivity contribution in [1.82, 2.24) is 0 Å². The van der Waals surface area contributed by atoms with Crippen LogP contribution >= 0.6 is 11.3 Å². The Labute approximate surface area is 333 Å². The zero-order chi connectivity index (χ0) is 37.2. The van der Waals surface area contributed by atoms with Crippen molar-refractivity contribution in [2.45, 2.75) is 0 Å². The Balaban J connectivity index is 0.904. The number of rotatable bonds is 4. The van der Waals surface area contributed by atoms with E-state index < -0.39 is 0 Å². The quantitative estimate of drug-likeness (QED) is 0.158. The van der Waals surface area contributed by atoms with E-state index in [1.54, 1.807) is 0 Å². The van der Waals surface area contributed by atoms with Crippen LogP contribution in [0.2, 0.25) is 0 Å². The molecule has 0 fully saturated rings. The second-order valence-corrected chi connectivity index (χ2v) is 16.7. The van der Waals surface area contributed by atoms with Crippen molar-refractivity contribution in [3.63, 3.8) is 0 Å². The van der Waals surface area contributed by atoms with Crippen LogP contribution in [-0.4, -0.2) is 0 Å². The zero-order valence-electron chi connectivity index (χ0n) is 30.9. The Bertz CT molecular complexity index is 3470. The van der Waals surface area contributed by atoms with Gasteiger partial charge in [0.1, 0.15) is 0 Å². The van der Waals surface area contributed by atoms with Crippen molar-refractivity contribution in [3.8, 4) is 44.5 Å². The maximum atomic E-state index is 2.41. The molecule has 262 valence electrons.